The summed E-state index contributed by atoms with van der Waals surface area (Å²) in [7, 11) is 0. The molecule has 7 nitrogen and oxygen atoms in total. The lowest BCUT2D eigenvalue weighted by molar-refractivity contribution is -0.928. The molecule has 0 saturated carbocycles. The molecule has 0 spiro atoms. The third kappa shape index (κ3) is 15.0. The molecule has 0 radical (unpaired) electrons. The van der Waals surface area contributed by atoms with Crippen LogP contribution in [-0.4, -0.2) is 77.8 Å². The normalized spacial score (nSPS) is 11.3. The van der Waals surface area contributed by atoms with Crippen molar-refractivity contribution < 1.29 is 33.3 Å². The third-order valence-corrected chi connectivity index (χ3v) is 9.71. The van der Waals surface area contributed by atoms with Crippen LogP contribution >= 0.6 is 0 Å². The molecular weight excluding hydrogens is 596 g/mol. The minimum atomic E-state index is -1.95. The van der Waals surface area contributed by atoms with E-state index < -0.39 is 23.1 Å². The molecule has 0 fully saturated rings. The maximum Gasteiger partial charge on any atom is 0.167 e. The van der Waals surface area contributed by atoms with E-state index in [1.165, 1.54) is 161 Å². The van der Waals surface area contributed by atoms with Crippen molar-refractivity contribution in [1.29, 1.82) is 0 Å². The molecule has 0 amide bonds. The van der Waals surface area contributed by atoms with Gasteiger partial charge in [-0.1, -0.05) is 79.7 Å². The molecule has 0 atom stereocenters. The Morgan fingerprint density at radius 3 is 0.891 bits per heavy atom. The highest BCUT2D eigenvalue weighted by Gasteiger charge is 2.24. The lowest BCUT2D eigenvalue weighted by Gasteiger charge is -2.38. The number of carbonyl (C=O) groups is 2. The topological polar surface area (TPSA) is 103 Å². The standard InChI is InChI=1S/C14H10O5S.2C12H28N/c15-13(16)9-5-1-3-7-11(9)20(19)12-8-4-2-6-10(12)14(17)18;2*1-5-9-13(10-6-2,11-7-3)12-8-4/h1-8H,(H,15,16)(H,17,18);2*5-12H2,1-4H3/q;2*+1/p-2. The summed E-state index contributed by atoms with van der Waals surface area (Å²) in [6.07, 6.45) is 10.7. The van der Waals surface area contributed by atoms with E-state index in [1.54, 1.807) is 0 Å². The number of hydrogen-bond acceptors (Lipinski definition) is 5. The SMILES string of the molecule is CCC[N+](CCC)(CCC)CCC.CCC[N+](CCC)(CCC)CCC.O=C([O-])c1ccccc1[S+]([O-])c1ccccc1C(=O)[O-]. The van der Waals surface area contributed by atoms with Crippen LogP contribution in [-0.2, 0) is 11.2 Å². The van der Waals surface area contributed by atoms with Crippen molar-refractivity contribution in [3.05, 3.63) is 59.7 Å². The quantitative estimate of drug-likeness (QED) is 0.120. The molecule has 262 valence electrons. The summed E-state index contributed by atoms with van der Waals surface area (Å²) in [4.78, 5) is 22.0. The first-order chi connectivity index (χ1) is 22.0. The average molecular weight is 661 g/mol. The summed E-state index contributed by atoms with van der Waals surface area (Å²) in [5, 5.41) is 22.0. The molecule has 0 N–H and O–H groups in total. The van der Waals surface area contributed by atoms with Crippen LogP contribution in [0.4, 0.5) is 0 Å². The number of carboxylic acids is 2. The molecule has 8 heteroatoms. The Bertz CT molecular complexity index is 965. The zero-order valence-corrected chi connectivity index (χ0v) is 31.1. The van der Waals surface area contributed by atoms with Gasteiger partial charge >= 0.3 is 0 Å². The van der Waals surface area contributed by atoms with Gasteiger partial charge in [-0.25, -0.2) is 0 Å². The van der Waals surface area contributed by atoms with E-state index >= 15 is 0 Å². The fraction of sp³-hybridized carbons (Fsp3) is 0.632. The van der Waals surface area contributed by atoms with Gasteiger partial charge in [0.25, 0.3) is 0 Å². The Hall–Kier alpha value is -2.39. The van der Waals surface area contributed by atoms with Gasteiger partial charge in [0.1, 0.15) is 0 Å². The third-order valence-electron chi connectivity index (χ3n) is 8.20. The van der Waals surface area contributed by atoms with Crippen LogP contribution in [0.1, 0.15) is 127 Å². The van der Waals surface area contributed by atoms with Gasteiger partial charge in [0.05, 0.1) is 75.4 Å². The van der Waals surface area contributed by atoms with Gasteiger partial charge in [0.15, 0.2) is 9.79 Å². The minimum Gasteiger partial charge on any atom is -0.606 e. The van der Waals surface area contributed by atoms with E-state index in [1.807, 2.05) is 0 Å². The van der Waals surface area contributed by atoms with Crippen molar-refractivity contribution in [3.63, 3.8) is 0 Å². The highest BCUT2D eigenvalue weighted by molar-refractivity contribution is 7.91. The second kappa shape index (κ2) is 24.7. The van der Waals surface area contributed by atoms with E-state index in [0.717, 1.165) is 0 Å². The predicted molar refractivity (Wildman–Crippen MR) is 188 cm³/mol. The molecule has 2 aromatic carbocycles. The number of carbonyl (C=O) groups excluding carboxylic acids is 2. The van der Waals surface area contributed by atoms with Gasteiger partial charge in [-0.15, -0.1) is 0 Å². The smallest absolute Gasteiger partial charge is 0.167 e. The number of rotatable bonds is 20. The molecule has 0 unspecified atom stereocenters. The molecule has 2 rings (SSSR count). The number of hydrogen-bond donors (Lipinski definition) is 0. The fourth-order valence-electron chi connectivity index (χ4n) is 6.85. The first kappa shape index (κ1) is 43.6. The van der Waals surface area contributed by atoms with Gasteiger partial charge in [-0.2, -0.15) is 0 Å². The van der Waals surface area contributed by atoms with E-state index in [9.17, 15) is 24.4 Å². The predicted octanol–water partition coefficient (Wildman–Crippen LogP) is 6.47. The monoisotopic (exact) mass is 660 g/mol. The maximum atomic E-state index is 12.4. The van der Waals surface area contributed by atoms with Crippen LogP contribution in [0.15, 0.2) is 58.3 Å². The van der Waals surface area contributed by atoms with Crippen molar-refractivity contribution in [2.45, 2.75) is 117 Å². The van der Waals surface area contributed by atoms with Gasteiger partial charge < -0.3 is 33.3 Å². The lowest BCUT2D eigenvalue weighted by Crippen LogP contribution is -2.50. The molecule has 0 aliphatic carbocycles. The van der Waals surface area contributed by atoms with Crippen molar-refractivity contribution >= 4 is 23.1 Å². The fourth-order valence-corrected chi connectivity index (χ4v) is 8.19. The van der Waals surface area contributed by atoms with E-state index in [0.29, 0.717) is 0 Å². The second-order valence-electron chi connectivity index (χ2n) is 12.3. The number of benzene rings is 2. The first-order valence-electron chi connectivity index (χ1n) is 17.7. The van der Waals surface area contributed by atoms with Crippen LogP contribution < -0.4 is 10.2 Å². The molecule has 0 aliphatic heterocycles. The zero-order chi connectivity index (χ0) is 35.0. The molecule has 46 heavy (non-hydrogen) atoms. The van der Waals surface area contributed by atoms with Gasteiger partial charge in [0, 0.05) is 11.2 Å². The van der Waals surface area contributed by atoms with Crippen LogP contribution in [0.2, 0.25) is 0 Å². The molecular formula is C38H64N2O5S. The summed E-state index contributed by atoms with van der Waals surface area (Å²) >= 11 is -1.95. The Morgan fingerprint density at radius 1 is 0.478 bits per heavy atom. The van der Waals surface area contributed by atoms with E-state index in [-0.39, 0.29) is 20.9 Å². The first-order valence-corrected chi connectivity index (χ1v) is 18.9. The van der Waals surface area contributed by atoms with Crippen molar-refractivity contribution in [3.8, 4) is 0 Å². The summed E-state index contributed by atoms with van der Waals surface area (Å²) in [5.41, 5.74) is -0.474. The zero-order valence-electron chi connectivity index (χ0n) is 30.3. The highest BCUT2D eigenvalue weighted by atomic mass is 32.2. The van der Waals surface area contributed by atoms with Crippen molar-refractivity contribution in [2.24, 2.45) is 0 Å². The summed E-state index contributed by atoms with van der Waals surface area (Å²) in [6.45, 7) is 29.6. The summed E-state index contributed by atoms with van der Waals surface area (Å²) in [5.74, 6) is -2.94. The lowest BCUT2D eigenvalue weighted by atomic mass is 10.2. The van der Waals surface area contributed by atoms with Crippen molar-refractivity contribution in [1.82, 2.24) is 0 Å². The molecule has 0 bridgehead atoms. The molecule has 2 aromatic rings. The molecule has 0 saturated heterocycles. The largest absolute Gasteiger partial charge is 0.606 e. The van der Waals surface area contributed by atoms with Crippen LogP contribution in [0.25, 0.3) is 0 Å². The summed E-state index contributed by atoms with van der Waals surface area (Å²) in [6, 6.07) is 11.2. The highest BCUT2D eigenvalue weighted by Crippen LogP contribution is 2.26. The summed E-state index contributed by atoms with van der Waals surface area (Å²) < 4.78 is 15.2. The molecule has 0 aromatic heterocycles. The van der Waals surface area contributed by atoms with Crippen LogP contribution in [0, 0.1) is 0 Å². The Kier molecular flexibility index (Phi) is 23.5. The van der Waals surface area contributed by atoms with E-state index in [2.05, 4.69) is 55.4 Å². The van der Waals surface area contributed by atoms with Crippen LogP contribution in [0.5, 0.6) is 0 Å². The van der Waals surface area contributed by atoms with Gasteiger partial charge in [-0.05, 0) is 75.6 Å². The molecule has 0 aliphatic rings. The minimum absolute atomic E-state index is 0.0128. The maximum absolute atomic E-state index is 12.4. The Morgan fingerprint density at radius 2 is 0.696 bits per heavy atom. The number of nitrogens with zero attached hydrogens (tertiary/aromatic N) is 2. The van der Waals surface area contributed by atoms with Crippen molar-refractivity contribution in [2.75, 3.05) is 52.4 Å². The number of aromatic carboxylic acids is 2. The average Bonchev–Trinajstić information content (AvgIpc) is 3.02. The Balaban J connectivity index is 0.000000691. The second-order valence-corrected chi connectivity index (χ2v) is 13.7. The van der Waals surface area contributed by atoms with E-state index in [4.69, 9.17) is 0 Å². The van der Waals surface area contributed by atoms with Gasteiger partial charge in [-0.3, -0.25) is 0 Å². The number of carboxylic acid groups (broad SMARTS) is 2. The Labute approximate surface area is 284 Å². The number of quaternary nitrogens is 2. The van der Waals surface area contributed by atoms with Crippen LogP contribution in [0.3, 0.4) is 0 Å². The van der Waals surface area contributed by atoms with Gasteiger partial charge in [0.2, 0.25) is 0 Å². The molecule has 0 heterocycles.